The second-order valence-corrected chi connectivity index (χ2v) is 8.39. The lowest BCUT2D eigenvalue weighted by atomic mass is 10.1. The van der Waals surface area contributed by atoms with Crippen molar-refractivity contribution in [2.24, 2.45) is 0 Å². The molecule has 0 aliphatic heterocycles. The van der Waals surface area contributed by atoms with Gasteiger partial charge in [-0.1, -0.05) is 19.1 Å². The van der Waals surface area contributed by atoms with E-state index in [9.17, 15) is 26.4 Å². The maximum atomic E-state index is 13.6. The highest BCUT2D eigenvalue weighted by Gasteiger charge is 2.36. The highest BCUT2D eigenvalue weighted by Crippen LogP contribution is 2.33. The number of fused-ring (bicyclic) bond motifs is 1. The smallest absolute Gasteiger partial charge is 0.352 e. The molecule has 0 aliphatic carbocycles. The van der Waals surface area contributed by atoms with Crippen LogP contribution in [-0.2, 0) is 16.0 Å². The van der Waals surface area contributed by atoms with Gasteiger partial charge >= 0.3 is 6.18 Å². The van der Waals surface area contributed by atoms with Crippen molar-refractivity contribution < 1.29 is 26.4 Å². The number of hydrogen-bond donors (Lipinski definition) is 1. The Bertz CT molecular complexity index is 1170. The molecule has 2 heterocycles. The van der Waals surface area contributed by atoms with Gasteiger partial charge in [-0.3, -0.25) is 4.79 Å². The summed E-state index contributed by atoms with van der Waals surface area (Å²) in [7, 11) is -3.45. The molecule has 0 fully saturated rings. The number of hydrogen-bond acceptors (Lipinski definition) is 5. The van der Waals surface area contributed by atoms with E-state index in [4.69, 9.17) is 0 Å². The van der Waals surface area contributed by atoms with Crippen LogP contribution in [0.4, 0.5) is 13.2 Å². The Morgan fingerprint density at radius 2 is 1.86 bits per heavy atom. The van der Waals surface area contributed by atoms with Crippen LogP contribution in [0.5, 0.6) is 0 Å². The number of sulfone groups is 1. The van der Waals surface area contributed by atoms with Gasteiger partial charge in [-0.15, -0.1) is 0 Å². The summed E-state index contributed by atoms with van der Waals surface area (Å²) in [5.74, 6) is -0.577. The number of nitrogens with zero attached hydrogens (tertiary/aromatic N) is 3. The molecule has 3 rings (SSSR count). The molecule has 11 heteroatoms. The number of carbonyl (C=O) groups is 1. The lowest BCUT2D eigenvalue weighted by molar-refractivity contribution is -0.142. The van der Waals surface area contributed by atoms with Gasteiger partial charge in [0.15, 0.2) is 21.2 Å². The Morgan fingerprint density at radius 3 is 2.41 bits per heavy atom. The van der Waals surface area contributed by atoms with Gasteiger partial charge in [0.25, 0.3) is 5.91 Å². The molecule has 0 bridgehead atoms. The van der Waals surface area contributed by atoms with E-state index in [0.29, 0.717) is 17.5 Å². The zero-order valence-electron chi connectivity index (χ0n) is 15.5. The summed E-state index contributed by atoms with van der Waals surface area (Å²) < 4.78 is 64.5. The number of alkyl halides is 3. The summed E-state index contributed by atoms with van der Waals surface area (Å²) in [6, 6.07) is 6.11. The van der Waals surface area contributed by atoms with Gasteiger partial charge in [0, 0.05) is 18.4 Å². The molecule has 29 heavy (non-hydrogen) atoms. The first-order valence-electron chi connectivity index (χ1n) is 8.57. The monoisotopic (exact) mass is 426 g/mol. The molecular formula is C18H17F3N4O3S. The quantitative estimate of drug-likeness (QED) is 0.677. The SMILES string of the molecule is CCCNC(=O)c1cnn2c(C(F)(F)F)cc(-c3ccc(S(C)(=O)=O)cc3)nc12. The van der Waals surface area contributed by atoms with E-state index in [2.05, 4.69) is 15.4 Å². The normalized spacial score (nSPS) is 12.3. The maximum Gasteiger partial charge on any atom is 0.433 e. The molecule has 3 aromatic rings. The first-order chi connectivity index (χ1) is 13.5. The molecule has 7 nitrogen and oxygen atoms in total. The van der Waals surface area contributed by atoms with Crippen LogP contribution in [-0.4, -0.2) is 41.7 Å². The zero-order valence-corrected chi connectivity index (χ0v) is 16.3. The Hall–Kier alpha value is -2.95. The van der Waals surface area contributed by atoms with E-state index < -0.39 is 27.6 Å². The predicted octanol–water partition coefficient (Wildman–Crippen LogP) is 2.96. The fraction of sp³-hybridized carbons (Fsp3) is 0.278. The van der Waals surface area contributed by atoms with Crippen LogP contribution in [0.1, 0.15) is 29.4 Å². The minimum absolute atomic E-state index is 0.0300. The van der Waals surface area contributed by atoms with Gasteiger partial charge < -0.3 is 5.32 Å². The van der Waals surface area contributed by atoms with Crippen LogP contribution >= 0.6 is 0 Å². The third-order valence-corrected chi connectivity index (χ3v) is 5.25. The summed E-state index contributed by atoms with van der Waals surface area (Å²) >= 11 is 0. The largest absolute Gasteiger partial charge is 0.433 e. The van der Waals surface area contributed by atoms with Gasteiger partial charge in [0.1, 0.15) is 5.56 Å². The average molecular weight is 426 g/mol. The second kappa shape index (κ2) is 7.47. The molecule has 0 unspecified atom stereocenters. The maximum absolute atomic E-state index is 13.6. The average Bonchev–Trinajstić information content (AvgIpc) is 3.08. The van der Waals surface area contributed by atoms with Crippen molar-refractivity contribution >= 4 is 21.4 Å². The number of nitrogens with one attached hydrogen (secondary N) is 1. The van der Waals surface area contributed by atoms with E-state index in [0.717, 1.165) is 18.5 Å². The van der Waals surface area contributed by atoms with Crippen molar-refractivity contribution in [3.8, 4) is 11.3 Å². The van der Waals surface area contributed by atoms with Gasteiger partial charge in [0.05, 0.1) is 16.8 Å². The zero-order chi connectivity index (χ0) is 21.4. The van der Waals surface area contributed by atoms with Gasteiger partial charge in [-0.25, -0.2) is 17.9 Å². The lowest BCUT2D eigenvalue weighted by Crippen LogP contribution is -2.24. The number of rotatable bonds is 5. The molecule has 1 N–H and O–H groups in total. The molecule has 0 aliphatic rings. The predicted molar refractivity (Wildman–Crippen MR) is 99.2 cm³/mol. The summed E-state index contributed by atoms with van der Waals surface area (Å²) in [5, 5.41) is 6.28. The number of amides is 1. The van der Waals surface area contributed by atoms with Crippen molar-refractivity contribution in [3.05, 3.63) is 47.8 Å². The van der Waals surface area contributed by atoms with Crippen LogP contribution in [0.3, 0.4) is 0 Å². The van der Waals surface area contributed by atoms with Crippen molar-refractivity contribution in [1.29, 1.82) is 0 Å². The summed E-state index contributed by atoms with van der Waals surface area (Å²) in [6.45, 7) is 2.20. The molecule has 2 aromatic heterocycles. The number of benzene rings is 1. The van der Waals surface area contributed by atoms with Crippen LogP contribution in [0.25, 0.3) is 16.9 Å². The van der Waals surface area contributed by atoms with E-state index in [1.54, 1.807) is 0 Å². The number of carbonyl (C=O) groups excluding carboxylic acids is 1. The van der Waals surface area contributed by atoms with E-state index >= 15 is 0 Å². The number of aromatic nitrogens is 3. The summed E-state index contributed by atoms with van der Waals surface area (Å²) in [4.78, 5) is 16.5. The highest BCUT2D eigenvalue weighted by atomic mass is 32.2. The summed E-state index contributed by atoms with van der Waals surface area (Å²) in [6.07, 6.45) is -2.02. The van der Waals surface area contributed by atoms with Gasteiger partial charge in [0.2, 0.25) is 0 Å². The van der Waals surface area contributed by atoms with Gasteiger partial charge in [-0.05, 0) is 24.6 Å². The van der Waals surface area contributed by atoms with Crippen molar-refractivity contribution in [2.45, 2.75) is 24.4 Å². The molecule has 0 saturated heterocycles. The van der Waals surface area contributed by atoms with Crippen LogP contribution < -0.4 is 5.32 Å². The molecule has 1 amide bonds. The highest BCUT2D eigenvalue weighted by molar-refractivity contribution is 7.90. The Labute approximate surface area is 164 Å². The molecule has 0 radical (unpaired) electrons. The molecule has 154 valence electrons. The third kappa shape index (κ3) is 4.24. The Balaban J connectivity index is 2.18. The lowest BCUT2D eigenvalue weighted by Gasteiger charge is -2.12. The van der Waals surface area contributed by atoms with Crippen LogP contribution in [0, 0.1) is 0 Å². The minimum Gasteiger partial charge on any atom is -0.352 e. The Kier molecular flexibility index (Phi) is 5.35. The molecule has 0 spiro atoms. The number of halogens is 3. The first-order valence-corrected chi connectivity index (χ1v) is 10.5. The molecular weight excluding hydrogens is 409 g/mol. The van der Waals surface area contributed by atoms with E-state index in [1.807, 2.05) is 6.92 Å². The minimum atomic E-state index is -4.74. The van der Waals surface area contributed by atoms with Crippen molar-refractivity contribution in [2.75, 3.05) is 12.8 Å². The molecule has 0 saturated carbocycles. The topological polar surface area (TPSA) is 93.4 Å². The third-order valence-electron chi connectivity index (χ3n) is 4.12. The summed E-state index contributed by atoms with van der Waals surface area (Å²) in [5.41, 5.74) is -1.21. The molecule has 1 aromatic carbocycles. The Morgan fingerprint density at radius 1 is 1.21 bits per heavy atom. The van der Waals surface area contributed by atoms with Crippen molar-refractivity contribution in [3.63, 3.8) is 0 Å². The van der Waals surface area contributed by atoms with Crippen LogP contribution in [0.2, 0.25) is 0 Å². The second-order valence-electron chi connectivity index (χ2n) is 6.37. The first kappa shape index (κ1) is 20.8. The molecule has 0 atom stereocenters. The van der Waals surface area contributed by atoms with Crippen molar-refractivity contribution in [1.82, 2.24) is 19.9 Å². The van der Waals surface area contributed by atoms with E-state index in [1.165, 1.54) is 24.3 Å². The fourth-order valence-corrected chi connectivity index (χ4v) is 3.31. The fourth-order valence-electron chi connectivity index (χ4n) is 2.68. The van der Waals surface area contributed by atoms with E-state index in [-0.39, 0.29) is 27.4 Å². The van der Waals surface area contributed by atoms with Crippen LogP contribution in [0.15, 0.2) is 41.4 Å². The standard InChI is InChI=1S/C18H17F3N4O3S/c1-3-8-22-17(26)13-10-23-25-15(18(19,20)21)9-14(24-16(13)25)11-4-6-12(7-5-11)29(2,27)28/h4-7,9-10H,3,8H2,1-2H3,(H,22,26). The van der Waals surface area contributed by atoms with Gasteiger partial charge in [-0.2, -0.15) is 18.3 Å².